The normalized spacial score (nSPS) is 14.2. The number of ether oxygens (including phenoxy) is 3. The molecule has 0 radical (unpaired) electrons. The van der Waals surface area contributed by atoms with Crippen LogP contribution in [0.1, 0.15) is 37.7 Å². The number of hydrogen-bond donors (Lipinski definition) is 0. The molecular weight excluding hydrogens is 456 g/mol. The SMILES string of the molecule is COc1ncc(C)cc1-c1nc2n(c(=O)c1C)N=C(C(C)(C)C)C2=Nc1nc(OC)c(OC)s1. The molecule has 10 nitrogen and oxygen atoms in total. The lowest BCUT2D eigenvalue weighted by molar-refractivity contribution is 0.353. The van der Waals surface area contributed by atoms with Crippen molar-refractivity contribution in [3.05, 3.63) is 39.6 Å². The molecule has 0 fully saturated rings. The molecule has 4 rings (SSSR count). The summed E-state index contributed by atoms with van der Waals surface area (Å²) in [6, 6.07) is 1.89. The first-order valence-electron chi connectivity index (χ1n) is 10.5. The fourth-order valence-electron chi connectivity index (χ4n) is 3.54. The molecule has 0 spiro atoms. The summed E-state index contributed by atoms with van der Waals surface area (Å²) in [5, 5.41) is 5.52. The number of fused-ring (bicyclic) bond motifs is 1. The summed E-state index contributed by atoms with van der Waals surface area (Å²) in [6.07, 6.45) is 1.70. The van der Waals surface area contributed by atoms with Crippen molar-refractivity contribution in [3.63, 3.8) is 0 Å². The third-order valence-electron chi connectivity index (χ3n) is 5.21. The van der Waals surface area contributed by atoms with Gasteiger partial charge in [0.2, 0.25) is 16.1 Å². The standard InChI is InChI=1S/C23H26N6O4S/c1-11-9-13(18(31-6)24-10-11)14-12(2)20(30)29-17(25-14)15(16(28-29)23(3,4)5)26-22-27-19(32-7)21(33-8)34-22/h9-10H,1-8H3. The van der Waals surface area contributed by atoms with E-state index in [0.717, 1.165) is 5.56 Å². The Hall–Kier alpha value is -3.60. The molecule has 0 aromatic carbocycles. The number of aliphatic imine (C=N–C) groups is 1. The Bertz CT molecular complexity index is 1380. The molecule has 0 atom stereocenters. The second kappa shape index (κ2) is 8.64. The predicted octanol–water partition coefficient (Wildman–Crippen LogP) is 3.79. The van der Waals surface area contributed by atoms with Gasteiger partial charge in [0.05, 0.1) is 38.3 Å². The van der Waals surface area contributed by atoms with Crippen molar-refractivity contribution in [1.29, 1.82) is 0 Å². The van der Waals surface area contributed by atoms with E-state index in [9.17, 15) is 4.79 Å². The van der Waals surface area contributed by atoms with Crippen molar-refractivity contribution in [1.82, 2.24) is 19.6 Å². The molecule has 0 amide bonds. The van der Waals surface area contributed by atoms with Crippen molar-refractivity contribution in [2.45, 2.75) is 34.6 Å². The Morgan fingerprint density at radius 1 is 1.03 bits per heavy atom. The van der Waals surface area contributed by atoms with E-state index in [0.29, 0.717) is 56.0 Å². The van der Waals surface area contributed by atoms with Gasteiger partial charge in [-0.05, 0) is 25.5 Å². The van der Waals surface area contributed by atoms with Crippen LogP contribution in [0.2, 0.25) is 0 Å². The van der Waals surface area contributed by atoms with E-state index >= 15 is 0 Å². The molecule has 178 valence electrons. The molecule has 4 heterocycles. The van der Waals surface area contributed by atoms with E-state index in [2.05, 4.69) is 15.1 Å². The van der Waals surface area contributed by atoms with Crippen molar-refractivity contribution in [3.8, 4) is 28.1 Å². The van der Waals surface area contributed by atoms with Gasteiger partial charge in [-0.15, -0.1) is 0 Å². The van der Waals surface area contributed by atoms with Crippen LogP contribution in [0.25, 0.3) is 11.3 Å². The van der Waals surface area contributed by atoms with Gasteiger partial charge in [-0.2, -0.15) is 14.8 Å². The van der Waals surface area contributed by atoms with Crippen molar-refractivity contribution >= 4 is 27.9 Å². The van der Waals surface area contributed by atoms with E-state index in [4.69, 9.17) is 24.2 Å². The van der Waals surface area contributed by atoms with Crippen LogP contribution in [0.4, 0.5) is 5.13 Å². The lowest BCUT2D eigenvalue weighted by atomic mass is 9.87. The van der Waals surface area contributed by atoms with Crippen LogP contribution in [0.3, 0.4) is 0 Å². The summed E-state index contributed by atoms with van der Waals surface area (Å²) in [4.78, 5) is 31.8. The van der Waals surface area contributed by atoms with Crippen LogP contribution in [0.15, 0.2) is 27.2 Å². The van der Waals surface area contributed by atoms with Crippen LogP contribution >= 0.6 is 11.3 Å². The van der Waals surface area contributed by atoms with Crippen molar-refractivity contribution < 1.29 is 14.2 Å². The molecule has 11 heteroatoms. The van der Waals surface area contributed by atoms with E-state index < -0.39 is 5.41 Å². The number of hydrogen-bond acceptors (Lipinski definition) is 10. The quantitative estimate of drug-likeness (QED) is 0.544. The van der Waals surface area contributed by atoms with Crippen LogP contribution in [-0.2, 0) is 0 Å². The summed E-state index contributed by atoms with van der Waals surface area (Å²) < 4.78 is 17.4. The van der Waals surface area contributed by atoms with Crippen LogP contribution in [0, 0.1) is 19.3 Å². The monoisotopic (exact) mass is 482 g/mol. The number of pyridine rings is 1. The van der Waals surface area contributed by atoms with Gasteiger partial charge in [0.25, 0.3) is 11.4 Å². The van der Waals surface area contributed by atoms with Crippen LogP contribution in [-0.4, -0.2) is 52.4 Å². The molecule has 1 aliphatic heterocycles. The third kappa shape index (κ3) is 3.96. The average Bonchev–Trinajstić information content (AvgIpc) is 3.37. The lowest BCUT2D eigenvalue weighted by Gasteiger charge is -2.17. The second-order valence-corrected chi connectivity index (χ2v) is 9.69. The van der Waals surface area contributed by atoms with Crippen LogP contribution < -0.4 is 19.8 Å². The Morgan fingerprint density at radius 3 is 2.32 bits per heavy atom. The number of aryl methyl sites for hydroxylation is 1. The molecule has 0 bridgehead atoms. The number of methoxy groups -OCH3 is 3. The lowest BCUT2D eigenvalue weighted by Crippen LogP contribution is -2.28. The number of thiazole rings is 1. The summed E-state index contributed by atoms with van der Waals surface area (Å²) in [5.74, 6) is 1.05. The van der Waals surface area contributed by atoms with E-state index in [-0.39, 0.29) is 5.56 Å². The molecule has 0 aliphatic carbocycles. The fourth-order valence-corrected chi connectivity index (χ4v) is 4.27. The Morgan fingerprint density at radius 2 is 1.74 bits per heavy atom. The van der Waals surface area contributed by atoms with E-state index in [1.54, 1.807) is 20.2 Å². The maximum Gasteiger partial charge on any atom is 0.278 e. The summed E-state index contributed by atoms with van der Waals surface area (Å²) >= 11 is 1.23. The highest BCUT2D eigenvalue weighted by atomic mass is 32.1. The molecule has 3 aromatic heterocycles. The van der Waals surface area contributed by atoms with Gasteiger partial charge < -0.3 is 14.2 Å². The minimum Gasteiger partial charge on any atom is -0.483 e. The zero-order valence-electron chi connectivity index (χ0n) is 20.4. The second-order valence-electron chi connectivity index (χ2n) is 8.75. The highest BCUT2D eigenvalue weighted by Gasteiger charge is 2.35. The van der Waals surface area contributed by atoms with Crippen molar-refractivity contribution in [2.75, 3.05) is 21.3 Å². The Balaban J connectivity index is 1.99. The minimum absolute atomic E-state index is 0.287. The molecule has 0 saturated carbocycles. The van der Waals surface area contributed by atoms with Gasteiger partial charge in [0.1, 0.15) is 5.71 Å². The Kier molecular flexibility index (Phi) is 5.98. The van der Waals surface area contributed by atoms with Gasteiger partial charge >= 0.3 is 0 Å². The van der Waals surface area contributed by atoms with Gasteiger partial charge in [-0.25, -0.2) is 15.0 Å². The highest BCUT2D eigenvalue weighted by Crippen LogP contribution is 2.39. The minimum atomic E-state index is -0.416. The first-order chi connectivity index (χ1) is 16.1. The molecule has 1 aliphatic rings. The van der Waals surface area contributed by atoms with Gasteiger partial charge in [0, 0.05) is 17.2 Å². The summed E-state index contributed by atoms with van der Waals surface area (Å²) in [7, 11) is 4.59. The largest absolute Gasteiger partial charge is 0.483 e. The number of nitrogens with zero attached hydrogens (tertiary/aromatic N) is 6. The van der Waals surface area contributed by atoms with Crippen LogP contribution in [0.5, 0.6) is 16.8 Å². The molecule has 34 heavy (non-hydrogen) atoms. The summed E-state index contributed by atoms with van der Waals surface area (Å²) in [6.45, 7) is 9.65. The molecule has 0 unspecified atom stereocenters. The summed E-state index contributed by atoms with van der Waals surface area (Å²) in [5.41, 5.74) is 2.83. The zero-order valence-corrected chi connectivity index (χ0v) is 21.2. The zero-order chi connectivity index (χ0) is 24.8. The topological polar surface area (TPSA) is 113 Å². The van der Waals surface area contributed by atoms with Crippen molar-refractivity contribution in [2.24, 2.45) is 15.5 Å². The molecule has 0 saturated heterocycles. The number of rotatable bonds is 5. The maximum atomic E-state index is 13.4. The first kappa shape index (κ1) is 23.6. The van der Waals surface area contributed by atoms with E-state index in [1.807, 2.05) is 33.8 Å². The predicted molar refractivity (Wildman–Crippen MR) is 131 cm³/mol. The molecular formula is C23H26N6O4S. The number of aromatic nitrogens is 4. The third-order valence-corrected chi connectivity index (χ3v) is 6.10. The molecule has 0 N–H and O–H groups in total. The highest BCUT2D eigenvalue weighted by molar-refractivity contribution is 7.17. The van der Waals surface area contributed by atoms with Gasteiger partial charge in [-0.3, -0.25) is 4.79 Å². The maximum absolute atomic E-state index is 13.4. The van der Waals surface area contributed by atoms with E-state index in [1.165, 1.54) is 30.2 Å². The Labute approximate surface area is 201 Å². The molecule has 3 aromatic rings. The smallest absolute Gasteiger partial charge is 0.278 e. The van der Waals surface area contributed by atoms with Gasteiger partial charge in [0.15, 0.2) is 5.82 Å². The average molecular weight is 483 g/mol. The van der Waals surface area contributed by atoms with Gasteiger partial charge in [-0.1, -0.05) is 32.1 Å². The fraction of sp³-hybridized carbons (Fsp3) is 0.391. The first-order valence-corrected chi connectivity index (χ1v) is 11.3.